The van der Waals surface area contributed by atoms with Crippen LogP contribution in [0.2, 0.25) is 0 Å². The highest BCUT2D eigenvalue weighted by Gasteiger charge is 2.48. The second-order valence-corrected chi connectivity index (χ2v) is 9.70. The van der Waals surface area contributed by atoms with Gasteiger partial charge >= 0.3 is 0 Å². The van der Waals surface area contributed by atoms with E-state index in [0.717, 1.165) is 19.4 Å². The summed E-state index contributed by atoms with van der Waals surface area (Å²) in [5.74, 6) is 1.92. The molecule has 4 nitrogen and oxygen atoms in total. The average molecular weight is 421 g/mol. The summed E-state index contributed by atoms with van der Waals surface area (Å²) in [4.78, 5) is 13.6. The third kappa shape index (κ3) is 2.38. The molecule has 0 amide bonds. The standard InChI is InChI=1S/C28H24N2O2/c31-30(32)20-13-11-17(12-14-20)27-24-10-4-9-23(24)26-22-7-2-1-5-18(22)15-25-21-8-3-6-19(21)16-29(27)28(25)26/h1-5,7-9,11-15,19,21,23-24,27H,6,10,16H2/t19-,21+,23-,24-,27+/m1/s1. The summed E-state index contributed by atoms with van der Waals surface area (Å²) in [6.07, 6.45) is 11.7. The van der Waals surface area contributed by atoms with Crippen molar-refractivity contribution in [3.05, 3.63) is 106 Å². The molecule has 0 N–H and O–H groups in total. The van der Waals surface area contributed by atoms with Gasteiger partial charge in [-0.05, 0) is 58.2 Å². The molecule has 0 unspecified atom stereocenters. The topological polar surface area (TPSA) is 46.4 Å². The van der Waals surface area contributed by atoms with E-state index in [1.165, 1.54) is 33.2 Å². The molecule has 4 aliphatic rings. The predicted molar refractivity (Wildman–Crippen MR) is 127 cm³/mol. The van der Waals surface area contributed by atoms with Crippen LogP contribution in [0, 0.1) is 22.0 Å². The third-order valence-corrected chi connectivity index (χ3v) is 8.19. The van der Waals surface area contributed by atoms with Crippen molar-refractivity contribution in [3.8, 4) is 0 Å². The van der Waals surface area contributed by atoms with Crippen molar-refractivity contribution in [2.24, 2.45) is 11.8 Å². The monoisotopic (exact) mass is 420 g/mol. The Morgan fingerprint density at radius 3 is 2.56 bits per heavy atom. The molecule has 0 fully saturated rings. The number of rotatable bonds is 2. The molecule has 7 rings (SSSR count). The second kappa shape index (κ2) is 6.55. The number of nitro benzene ring substituents is 1. The highest BCUT2D eigenvalue weighted by Crippen LogP contribution is 2.60. The Morgan fingerprint density at radius 1 is 0.938 bits per heavy atom. The van der Waals surface area contributed by atoms with Crippen LogP contribution in [0.15, 0.2) is 78.9 Å². The van der Waals surface area contributed by atoms with Gasteiger partial charge in [0.25, 0.3) is 5.69 Å². The van der Waals surface area contributed by atoms with E-state index >= 15 is 0 Å². The van der Waals surface area contributed by atoms with E-state index in [1.807, 2.05) is 12.1 Å². The van der Waals surface area contributed by atoms with Gasteiger partial charge in [-0.2, -0.15) is 0 Å². The summed E-state index contributed by atoms with van der Waals surface area (Å²) in [7, 11) is 0. The van der Waals surface area contributed by atoms with Gasteiger partial charge in [0.1, 0.15) is 0 Å². The maximum Gasteiger partial charge on any atom is 0.269 e. The summed E-state index contributed by atoms with van der Waals surface area (Å²) in [5, 5.41) is 14.0. The zero-order chi connectivity index (χ0) is 21.4. The lowest BCUT2D eigenvalue weighted by Crippen LogP contribution is -2.46. The first-order valence-corrected chi connectivity index (χ1v) is 11.6. The van der Waals surface area contributed by atoms with Gasteiger partial charge in [0.05, 0.1) is 11.0 Å². The first kappa shape index (κ1) is 18.2. The SMILES string of the molecule is O=[N+]([O-])c1ccc([C@H]2[C@@H]3CC=C[C@H]3c3c4c(cc5ccccc35)[C@H]3C=CC[C@@H]3CN42)cc1. The van der Waals surface area contributed by atoms with Gasteiger partial charge in [-0.25, -0.2) is 0 Å². The van der Waals surface area contributed by atoms with Crippen LogP contribution in [0.1, 0.15) is 47.4 Å². The maximum atomic E-state index is 11.2. The van der Waals surface area contributed by atoms with Gasteiger partial charge in [0.15, 0.2) is 0 Å². The molecule has 32 heavy (non-hydrogen) atoms. The van der Waals surface area contributed by atoms with Crippen molar-refractivity contribution in [2.45, 2.75) is 30.7 Å². The predicted octanol–water partition coefficient (Wildman–Crippen LogP) is 6.64. The summed E-state index contributed by atoms with van der Waals surface area (Å²) in [6, 6.07) is 18.8. The molecule has 4 heteroatoms. The van der Waals surface area contributed by atoms with Crippen LogP contribution in [0.25, 0.3) is 10.8 Å². The van der Waals surface area contributed by atoms with Crippen LogP contribution in [-0.2, 0) is 0 Å². The van der Waals surface area contributed by atoms with Gasteiger partial charge in [0.2, 0.25) is 0 Å². The maximum absolute atomic E-state index is 11.2. The molecular formula is C28H24N2O2. The van der Waals surface area contributed by atoms with Crippen LogP contribution >= 0.6 is 0 Å². The average Bonchev–Trinajstić information content (AvgIpc) is 3.49. The molecule has 3 aromatic rings. The first-order chi connectivity index (χ1) is 15.7. The fourth-order valence-electron chi connectivity index (χ4n) is 6.90. The third-order valence-electron chi connectivity index (χ3n) is 8.19. The van der Waals surface area contributed by atoms with Crippen molar-refractivity contribution in [2.75, 3.05) is 11.4 Å². The van der Waals surface area contributed by atoms with E-state index < -0.39 is 0 Å². The lowest BCUT2D eigenvalue weighted by molar-refractivity contribution is -0.384. The minimum atomic E-state index is -0.306. The lowest BCUT2D eigenvalue weighted by atomic mass is 9.69. The number of benzene rings is 3. The molecule has 2 heterocycles. The van der Waals surface area contributed by atoms with E-state index in [9.17, 15) is 10.1 Å². The molecule has 3 aromatic carbocycles. The van der Waals surface area contributed by atoms with Crippen LogP contribution < -0.4 is 4.90 Å². The Morgan fingerprint density at radius 2 is 1.72 bits per heavy atom. The molecule has 158 valence electrons. The Labute approximate surface area is 187 Å². The highest BCUT2D eigenvalue weighted by molar-refractivity contribution is 5.94. The molecule has 0 saturated heterocycles. The van der Waals surface area contributed by atoms with Crippen molar-refractivity contribution in [3.63, 3.8) is 0 Å². The number of anilines is 1. The van der Waals surface area contributed by atoms with Crippen LogP contribution in [0.4, 0.5) is 11.4 Å². The van der Waals surface area contributed by atoms with Crippen LogP contribution in [0.5, 0.6) is 0 Å². The smallest absolute Gasteiger partial charge is 0.269 e. The molecule has 2 aliphatic heterocycles. The van der Waals surface area contributed by atoms with Gasteiger partial charge in [-0.15, -0.1) is 0 Å². The quantitative estimate of drug-likeness (QED) is 0.265. The molecule has 0 radical (unpaired) electrons. The Hall–Kier alpha value is -3.40. The minimum absolute atomic E-state index is 0.163. The van der Waals surface area contributed by atoms with E-state index in [2.05, 4.69) is 59.5 Å². The molecule has 0 spiro atoms. The number of hydrogen-bond acceptors (Lipinski definition) is 3. The summed E-state index contributed by atoms with van der Waals surface area (Å²) in [5.41, 5.74) is 5.75. The zero-order valence-electron chi connectivity index (χ0n) is 17.7. The molecule has 5 atom stereocenters. The molecular weight excluding hydrogens is 396 g/mol. The number of hydrogen-bond donors (Lipinski definition) is 0. The Kier molecular flexibility index (Phi) is 3.73. The van der Waals surface area contributed by atoms with Gasteiger partial charge in [-0.3, -0.25) is 10.1 Å². The number of allylic oxidation sites excluding steroid dienone is 4. The molecule has 0 bridgehead atoms. The first-order valence-electron chi connectivity index (χ1n) is 11.6. The van der Waals surface area contributed by atoms with E-state index in [0.29, 0.717) is 23.7 Å². The summed E-state index contributed by atoms with van der Waals surface area (Å²) < 4.78 is 0. The largest absolute Gasteiger partial charge is 0.363 e. The number of fused-ring (bicyclic) bond motifs is 6. The van der Waals surface area contributed by atoms with Gasteiger partial charge in [0, 0.05) is 36.2 Å². The summed E-state index contributed by atoms with van der Waals surface area (Å²) in [6.45, 7) is 1.04. The molecule has 0 saturated carbocycles. The minimum Gasteiger partial charge on any atom is -0.363 e. The molecule has 2 aliphatic carbocycles. The lowest BCUT2D eigenvalue weighted by Gasteiger charge is -2.51. The van der Waals surface area contributed by atoms with Gasteiger partial charge < -0.3 is 4.90 Å². The van der Waals surface area contributed by atoms with Crippen LogP contribution in [0.3, 0.4) is 0 Å². The van der Waals surface area contributed by atoms with Crippen molar-refractivity contribution in [1.29, 1.82) is 0 Å². The number of nitrogens with zero attached hydrogens (tertiary/aromatic N) is 2. The fourth-order valence-corrected chi connectivity index (χ4v) is 6.90. The fraction of sp³-hybridized carbons (Fsp3) is 0.286. The zero-order valence-corrected chi connectivity index (χ0v) is 17.7. The summed E-state index contributed by atoms with van der Waals surface area (Å²) >= 11 is 0. The molecule has 0 aromatic heterocycles. The van der Waals surface area contributed by atoms with Gasteiger partial charge in [-0.1, -0.05) is 60.7 Å². The Balaban J connectivity index is 1.49. The normalized spacial score (nSPS) is 29.1. The van der Waals surface area contributed by atoms with Crippen molar-refractivity contribution < 1.29 is 4.92 Å². The number of nitro groups is 1. The van der Waals surface area contributed by atoms with E-state index in [-0.39, 0.29) is 16.7 Å². The number of non-ortho nitro benzene ring substituents is 1. The van der Waals surface area contributed by atoms with Crippen molar-refractivity contribution in [1.82, 2.24) is 0 Å². The van der Waals surface area contributed by atoms with Crippen molar-refractivity contribution >= 4 is 22.1 Å². The second-order valence-electron chi connectivity index (χ2n) is 9.70. The van der Waals surface area contributed by atoms with Crippen LogP contribution in [-0.4, -0.2) is 11.5 Å². The highest BCUT2D eigenvalue weighted by atomic mass is 16.6. The Bertz CT molecular complexity index is 1320. The van der Waals surface area contributed by atoms with E-state index in [4.69, 9.17) is 0 Å². The van der Waals surface area contributed by atoms with E-state index in [1.54, 1.807) is 12.1 Å².